The molecule has 188 valence electrons. The van der Waals surface area contributed by atoms with Crippen molar-refractivity contribution >= 4 is 27.7 Å². The van der Waals surface area contributed by atoms with Crippen molar-refractivity contribution in [3.8, 4) is 16.9 Å². The van der Waals surface area contributed by atoms with Gasteiger partial charge in [0.15, 0.2) is 0 Å². The highest BCUT2D eigenvalue weighted by Gasteiger charge is 2.20. The molecule has 0 bridgehead atoms. The van der Waals surface area contributed by atoms with Crippen LogP contribution < -0.4 is 15.6 Å². The van der Waals surface area contributed by atoms with Crippen molar-refractivity contribution in [2.45, 2.75) is 4.90 Å². The quantitative estimate of drug-likeness (QED) is 0.213. The number of primary sulfonamides is 1. The lowest BCUT2D eigenvalue weighted by Gasteiger charge is -2.22. The van der Waals surface area contributed by atoms with Gasteiger partial charge in [0.2, 0.25) is 10.0 Å². The van der Waals surface area contributed by atoms with E-state index in [1.807, 2.05) is 0 Å². The van der Waals surface area contributed by atoms with Gasteiger partial charge in [-0.25, -0.2) is 13.6 Å². The molecule has 0 fully saturated rings. The molecule has 0 saturated carbocycles. The van der Waals surface area contributed by atoms with Gasteiger partial charge in [-0.05, 0) is 35.9 Å². The summed E-state index contributed by atoms with van der Waals surface area (Å²) < 4.78 is 34.2. The molecule has 11 heteroatoms. The molecule has 10 nitrogen and oxygen atoms in total. The zero-order valence-electron chi connectivity index (χ0n) is 19.5. The molecule has 0 radical (unpaired) electrons. The Hall–Kier alpha value is -4.22. The van der Waals surface area contributed by atoms with E-state index in [4.69, 9.17) is 25.8 Å². The van der Waals surface area contributed by atoms with Crippen molar-refractivity contribution in [2.24, 2.45) is 10.9 Å². The van der Waals surface area contributed by atoms with E-state index in [-0.39, 0.29) is 36.0 Å². The molecular formula is C25H26N4O6S. The highest BCUT2D eigenvalue weighted by Crippen LogP contribution is 2.27. The third-order valence-corrected chi connectivity index (χ3v) is 6.22. The summed E-state index contributed by atoms with van der Waals surface area (Å²) in [6, 6.07) is 19.3. The molecule has 36 heavy (non-hydrogen) atoms. The molecule has 0 aliphatic heterocycles. The van der Waals surface area contributed by atoms with Gasteiger partial charge in [-0.2, -0.15) is 0 Å². The number of esters is 1. The van der Waals surface area contributed by atoms with Gasteiger partial charge >= 0.3 is 5.97 Å². The van der Waals surface area contributed by atoms with Crippen LogP contribution in [0.1, 0.15) is 15.9 Å². The molecule has 0 spiro atoms. The van der Waals surface area contributed by atoms with Gasteiger partial charge in [-0.3, -0.25) is 15.0 Å². The van der Waals surface area contributed by atoms with Gasteiger partial charge in [-0.1, -0.05) is 42.5 Å². The molecule has 0 atom stereocenters. The molecule has 0 aliphatic carbocycles. The Kier molecular flexibility index (Phi) is 8.41. The lowest BCUT2D eigenvalue weighted by Crippen LogP contribution is -2.39. The second-order valence-electron chi connectivity index (χ2n) is 7.71. The van der Waals surface area contributed by atoms with Crippen LogP contribution in [0, 0.1) is 5.41 Å². The summed E-state index contributed by atoms with van der Waals surface area (Å²) in [5.74, 6) is -0.669. The van der Waals surface area contributed by atoms with E-state index in [1.54, 1.807) is 66.7 Å². The number of hydrogen-bond acceptors (Lipinski definition) is 7. The highest BCUT2D eigenvalue weighted by molar-refractivity contribution is 7.89. The number of nitrogens with zero attached hydrogens (tertiary/aromatic N) is 1. The number of rotatable bonds is 10. The number of hydrogen-bond donors (Lipinski definition) is 3. The number of amides is 1. The first-order valence-corrected chi connectivity index (χ1v) is 12.3. The highest BCUT2D eigenvalue weighted by atomic mass is 32.2. The Bertz CT molecular complexity index is 1370. The van der Waals surface area contributed by atoms with Crippen LogP contribution in [0.3, 0.4) is 0 Å². The lowest BCUT2D eigenvalue weighted by molar-refractivity contribution is -0.141. The minimum Gasteiger partial charge on any atom is -0.492 e. The number of ether oxygens (including phenoxy) is 2. The molecule has 3 rings (SSSR count). The molecule has 0 heterocycles. The van der Waals surface area contributed by atoms with Crippen LogP contribution in [-0.2, 0) is 19.6 Å². The van der Waals surface area contributed by atoms with E-state index in [0.717, 1.165) is 0 Å². The van der Waals surface area contributed by atoms with Gasteiger partial charge in [0.25, 0.3) is 5.91 Å². The Labute approximate surface area is 209 Å². The third kappa shape index (κ3) is 6.68. The topological polar surface area (TPSA) is 166 Å². The first-order valence-electron chi connectivity index (χ1n) is 10.8. The fourth-order valence-corrected chi connectivity index (χ4v) is 4.19. The van der Waals surface area contributed by atoms with Crippen LogP contribution in [0.5, 0.6) is 5.75 Å². The molecule has 5 N–H and O–H groups in total. The van der Waals surface area contributed by atoms with Crippen molar-refractivity contribution in [1.29, 1.82) is 5.41 Å². The van der Waals surface area contributed by atoms with E-state index in [1.165, 1.54) is 18.1 Å². The fourth-order valence-electron chi connectivity index (χ4n) is 3.43. The van der Waals surface area contributed by atoms with Gasteiger partial charge in [0.1, 0.15) is 24.7 Å². The minimum atomic E-state index is -3.94. The second kappa shape index (κ2) is 11.5. The maximum atomic E-state index is 13.2. The average molecular weight is 511 g/mol. The van der Waals surface area contributed by atoms with Crippen molar-refractivity contribution < 1.29 is 27.5 Å². The molecule has 1 amide bonds. The lowest BCUT2D eigenvalue weighted by atomic mass is 10.0. The van der Waals surface area contributed by atoms with Crippen LogP contribution in [0.2, 0.25) is 0 Å². The Morgan fingerprint density at radius 2 is 1.67 bits per heavy atom. The minimum absolute atomic E-state index is 0.0256. The van der Waals surface area contributed by atoms with E-state index in [0.29, 0.717) is 22.4 Å². The normalized spacial score (nSPS) is 10.9. The number of amidine groups is 1. The van der Waals surface area contributed by atoms with Crippen molar-refractivity contribution in [3.05, 3.63) is 83.9 Å². The Morgan fingerprint density at radius 1 is 0.972 bits per heavy atom. The maximum Gasteiger partial charge on any atom is 0.325 e. The summed E-state index contributed by atoms with van der Waals surface area (Å²) in [5.41, 5.74) is 7.25. The first kappa shape index (κ1) is 26.4. The zero-order valence-corrected chi connectivity index (χ0v) is 20.3. The van der Waals surface area contributed by atoms with E-state index >= 15 is 0 Å². The summed E-state index contributed by atoms with van der Waals surface area (Å²) in [6.07, 6.45) is 0. The van der Waals surface area contributed by atoms with Crippen LogP contribution in [0.15, 0.2) is 77.7 Å². The fraction of sp³-hybridized carbons (Fsp3) is 0.160. The Balaban J connectivity index is 1.77. The number of carbonyl (C=O) groups is 2. The second-order valence-corrected chi connectivity index (χ2v) is 9.24. The summed E-state index contributed by atoms with van der Waals surface area (Å²) in [5, 5.41) is 12.8. The molecule has 0 saturated heterocycles. The predicted octanol–water partition coefficient (Wildman–Crippen LogP) is 1.98. The van der Waals surface area contributed by atoms with Gasteiger partial charge in [0.05, 0.1) is 18.6 Å². The van der Waals surface area contributed by atoms with Crippen molar-refractivity contribution in [3.63, 3.8) is 0 Å². The predicted molar refractivity (Wildman–Crippen MR) is 134 cm³/mol. The number of nitrogens with one attached hydrogen (secondary N) is 1. The van der Waals surface area contributed by atoms with Crippen LogP contribution in [-0.4, -0.2) is 57.8 Å². The summed E-state index contributed by atoms with van der Waals surface area (Å²) in [4.78, 5) is 26.3. The molecule has 0 aliphatic rings. The van der Waals surface area contributed by atoms with Gasteiger partial charge in [-0.15, -0.1) is 0 Å². The third-order valence-electron chi connectivity index (χ3n) is 5.25. The SMILES string of the molecule is COC(=O)CN(CCOc1cccc(C(=N)N)c1)C(=O)c1ccc(-c2ccccc2S(N)(=O)=O)cc1. The summed E-state index contributed by atoms with van der Waals surface area (Å²) in [7, 11) is -2.71. The average Bonchev–Trinajstić information content (AvgIpc) is 2.87. The van der Waals surface area contributed by atoms with E-state index < -0.39 is 21.9 Å². The number of nitrogens with two attached hydrogens (primary N) is 2. The van der Waals surface area contributed by atoms with Crippen molar-refractivity contribution in [2.75, 3.05) is 26.8 Å². The summed E-state index contributed by atoms with van der Waals surface area (Å²) in [6.45, 7) is -0.139. The van der Waals surface area contributed by atoms with Crippen LogP contribution >= 0.6 is 0 Å². The molecule has 3 aromatic carbocycles. The standard InChI is InChI=1S/C25H26N4O6S/c1-34-23(30)16-29(13-14-35-20-6-4-5-19(15-20)24(26)27)25(31)18-11-9-17(10-12-18)21-7-2-3-8-22(21)36(28,32)33/h2-12,15H,13-14,16H2,1H3,(H3,26,27)(H2,28,32,33). The maximum absolute atomic E-state index is 13.2. The number of sulfonamides is 1. The van der Waals surface area contributed by atoms with Crippen LogP contribution in [0.4, 0.5) is 0 Å². The molecule has 3 aromatic rings. The molecular weight excluding hydrogens is 484 g/mol. The zero-order chi connectivity index (χ0) is 26.3. The number of carbonyl (C=O) groups excluding carboxylic acids is 2. The summed E-state index contributed by atoms with van der Waals surface area (Å²) >= 11 is 0. The molecule has 0 aromatic heterocycles. The van der Waals surface area contributed by atoms with E-state index in [9.17, 15) is 18.0 Å². The number of benzene rings is 3. The number of methoxy groups -OCH3 is 1. The Morgan fingerprint density at radius 3 is 2.31 bits per heavy atom. The van der Waals surface area contributed by atoms with E-state index in [2.05, 4.69) is 0 Å². The first-order chi connectivity index (χ1) is 17.1. The smallest absolute Gasteiger partial charge is 0.325 e. The number of nitrogen functional groups attached to an aromatic ring is 1. The molecule has 0 unspecified atom stereocenters. The van der Waals surface area contributed by atoms with Crippen LogP contribution in [0.25, 0.3) is 11.1 Å². The van der Waals surface area contributed by atoms with Gasteiger partial charge < -0.3 is 20.1 Å². The largest absolute Gasteiger partial charge is 0.492 e. The monoisotopic (exact) mass is 510 g/mol. The van der Waals surface area contributed by atoms with Gasteiger partial charge in [0, 0.05) is 16.7 Å². The van der Waals surface area contributed by atoms with Crippen molar-refractivity contribution in [1.82, 2.24) is 4.90 Å².